The van der Waals surface area contributed by atoms with Crippen molar-refractivity contribution in [1.29, 1.82) is 0 Å². The van der Waals surface area contributed by atoms with Gasteiger partial charge in [0.1, 0.15) is 6.10 Å². The molecule has 0 fully saturated rings. The zero-order chi connectivity index (χ0) is 45.9. The molecule has 0 aliphatic rings. The molecule has 0 saturated carbocycles. The van der Waals surface area contributed by atoms with Gasteiger partial charge in [-0.1, -0.05) is 231 Å². The first kappa shape index (κ1) is 59.0. The quantitative estimate of drug-likeness (QED) is 0.0246. The van der Waals surface area contributed by atoms with Crippen LogP contribution >= 0.6 is 0 Å². The van der Waals surface area contributed by atoms with E-state index in [-0.39, 0.29) is 31.3 Å². The van der Waals surface area contributed by atoms with Crippen molar-refractivity contribution in [2.75, 3.05) is 6.61 Å². The Kier molecular flexibility index (Phi) is 45.9. The minimum atomic E-state index is -0.827. The lowest BCUT2D eigenvalue weighted by molar-refractivity contribution is -0.150. The van der Waals surface area contributed by atoms with Gasteiger partial charge in [-0.05, 0) is 77.0 Å². The largest absolute Gasteiger partial charge is 0.462 e. The zero-order valence-corrected chi connectivity index (χ0v) is 40.1. The maximum atomic E-state index is 13.2. The number of nitrogens with one attached hydrogen (secondary N) is 1. The number of carbonyl (C=O) groups excluding carboxylic acids is 2. The van der Waals surface area contributed by atoms with E-state index in [2.05, 4.69) is 105 Å². The van der Waals surface area contributed by atoms with E-state index in [0.29, 0.717) is 19.3 Å². The standard InChI is InChI=1S/C57H91NO5/c1-4-7-10-13-16-19-22-25-26-27-28-29-30-32-35-38-41-44-47-50-57(62)63-53(48-45-42-39-36-33-31-23-20-17-14-11-8-5-2)51-56(61)58-54(52-59)55(60)49-46-43-40-37-34-24-21-18-15-12-9-6-3/h7-8,10-11,14,16-17,19-20,23,25-26,28-29,31-33,35-36,39,41,44,53-55,59-60H,4-6,9,12-13,15,18,21-22,24,27,30,34,37-38,40,42-43,45-52H2,1-3H3,(H,58,61)/b10-7-,11-8+,17-14+,19-16-,23-20-,26-25-,29-28-,33-31-,35-32-,39-36+,44-41-. The highest BCUT2D eigenvalue weighted by atomic mass is 16.5. The zero-order valence-electron chi connectivity index (χ0n) is 40.1. The van der Waals surface area contributed by atoms with Crippen molar-refractivity contribution >= 4 is 11.9 Å². The maximum absolute atomic E-state index is 13.2. The molecular weight excluding hydrogens is 779 g/mol. The Balaban J connectivity index is 4.83. The molecule has 3 unspecified atom stereocenters. The van der Waals surface area contributed by atoms with Gasteiger partial charge in [-0.25, -0.2) is 0 Å². The van der Waals surface area contributed by atoms with Gasteiger partial charge in [0.15, 0.2) is 0 Å². The molecule has 0 spiro atoms. The highest BCUT2D eigenvalue weighted by molar-refractivity contribution is 5.77. The summed E-state index contributed by atoms with van der Waals surface area (Å²) in [6.45, 7) is 6.16. The molecule has 0 bridgehead atoms. The Morgan fingerprint density at radius 1 is 0.492 bits per heavy atom. The molecule has 6 nitrogen and oxygen atoms in total. The van der Waals surface area contributed by atoms with Gasteiger partial charge in [-0.15, -0.1) is 0 Å². The van der Waals surface area contributed by atoms with Crippen molar-refractivity contribution in [1.82, 2.24) is 5.32 Å². The number of aliphatic hydroxyl groups is 2. The molecule has 0 aromatic carbocycles. The van der Waals surface area contributed by atoms with E-state index in [9.17, 15) is 19.8 Å². The fourth-order valence-electron chi connectivity index (χ4n) is 6.66. The molecule has 6 heteroatoms. The summed E-state index contributed by atoms with van der Waals surface area (Å²) in [7, 11) is 0. The average molecular weight is 870 g/mol. The molecule has 0 radical (unpaired) electrons. The van der Waals surface area contributed by atoms with Crippen molar-refractivity contribution in [2.24, 2.45) is 0 Å². The highest BCUT2D eigenvalue weighted by Gasteiger charge is 2.23. The minimum absolute atomic E-state index is 0.0111. The van der Waals surface area contributed by atoms with Crippen LogP contribution in [-0.4, -0.2) is 46.9 Å². The Labute approximate surface area is 386 Å². The molecule has 0 aromatic heterocycles. The van der Waals surface area contributed by atoms with Crippen LogP contribution in [-0.2, 0) is 14.3 Å². The van der Waals surface area contributed by atoms with Crippen LogP contribution in [0.15, 0.2) is 134 Å². The fraction of sp³-hybridized carbons (Fsp3) is 0.579. The summed E-state index contributed by atoms with van der Waals surface area (Å²) < 4.78 is 5.84. The van der Waals surface area contributed by atoms with Crippen LogP contribution in [0.1, 0.15) is 188 Å². The van der Waals surface area contributed by atoms with Crippen LogP contribution in [0.2, 0.25) is 0 Å². The summed E-state index contributed by atoms with van der Waals surface area (Å²) in [5, 5.41) is 23.7. The third kappa shape index (κ3) is 44.4. The third-order valence-corrected chi connectivity index (χ3v) is 10.4. The molecule has 0 rings (SSSR count). The second kappa shape index (κ2) is 49.0. The summed E-state index contributed by atoms with van der Waals surface area (Å²) in [5.74, 6) is -0.662. The number of carbonyl (C=O) groups is 2. The number of esters is 1. The normalized spacial score (nSPS) is 14.4. The van der Waals surface area contributed by atoms with Gasteiger partial charge < -0.3 is 20.3 Å². The van der Waals surface area contributed by atoms with Crippen molar-refractivity contribution in [2.45, 2.75) is 206 Å². The Morgan fingerprint density at radius 3 is 1.43 bits per heavy atom. The van der Waals surface area contributed by atoms with E-state index in [4.69, 9.17) is 4.74 Å². The van der Waals surface area contributed by atoms with Gasteiger partial charge in [-0.2, -0.15) is 0 Å². The highest BCUT2D eigenvalue weighted by Crippen LogP contribution is 2.16. The molecule has 0 saturated heterocycles. The monoisotopic (exact) mass is 870 g/mol. The van der Waals surface area contributed by atoms with Crippen LogP contribution in [0.25, 0.3) is 0 Å². The van der Waals surface area contributed by atoms with E-state index >= 15 is 0 Å². The molecule has 0 aromatic rings. The lowest BCUT2D eigenvalue weighted by Gasteiger charge is -2.24. The number of ether oxygens (including phenoxy) is 1. The molecule has 0 aliphatic heterocycles. The Morgan fingerprint density at radius 2 is 0.937 bits per heavy atom. The number of rotatable bonds is 42. The van der Waals surface area contributed by atoms with E-state index in [1.54, 1.807) is 0 Å². The molecule has 354 valence electrons. The first-order valence-electron chi connectivity index (χ1n) is 25.0. The van der Waals surface area contributed by atoms with Crippen molar-refractivity contribution < 1.29 is 24.5 Å². The van der Waals surface area contributed by atoms with Crippen LogP contribution in [0.4, 0.5) is 0 Å². The van der Waals surface area contributed by atoms with Gasteiger partial charge in [0, 0.05) is 6.42 Å². The maximum Gasteiger partial charge on any atom is 0.306 e. The second-order valence-corrected chi connectivity index (χ2v) is 16.2. The predicted molar refractivity (Wildman–Crippen MR) is 273 cm³/mol. The molecular formula is C57H91NO5. The number of aliphatic hydroxyl groups excluding tert-OH is 2. The number of hydrogen-bond donors (Lipinski definition) is 3. The first-order chi connectivity index (χ1) is 31.0. The van der Waals surface area contributed by atoms with E-state index in [1.165, 1.54) is 57.8 Å². The molecule has 3 N–H and O–H groups in total. The number of amides is 1. The summed E-state index contributed by atoms with van der Waals surface area (Å²) in [6, 6.07) is -0.748. The predicted octanol–water partition coefficient (Wildman–Crippen LogP) is 15.1. The van der Waals surface area contributed by atoms with E-state index < -0.39 is 18.2 Å². The van der Waals surface area contributed by atoms with Gasteiger partial charge in [0.05, 0.1) is 25.2 Å². The lowest BCUT2D eigenvalue weighted by atomic mass is 10.0. The SMILES string of the molecule is CC/C=C\C/C=C\C/C=C\C/C=C\C/C=C\C/C=C\CCC(=O)OC(CCC/C=C/C=C\C=C/C=C/C=C/CC)CC(=O)NC(CO)C(O)CCCCCCCCCCCCCC. The van der Waals surface area contributed by atoms with E-state index in [1.807, 2.05) is 54.7 Å². The van der Waals surface area contributed by atoms with E-state index in [0.717, 1.165) is 77.0 Å². The smallest absolute Gasteiger partial charge is 0.306 e. The number of allylic oxidation sites excluding steroid dienone is 22. The fourth-order valence-corrected chi connectivity index (χ4v) is 6.66. The Bertz CT molecular complexity index is 1390. The van der Waals surface area contributed by atoms with Crippen molar-refractivity contribution in [3.8, 4) is 0 Å². The summed E-state index contributed by atoms with van der Waals surface area (Å²) in [5.41, 5.74) is 0. The second-order valence-electron chi connectivity index (χ2n) is 16.2. The summed E-state index contributed by atoms with van der Waals surface area (Å²) >= 11 is 0. The molecule has 63 heavy (non-hydrogen) atoms. The van der Waals surface area contributed by atoms with Crippen LogP contribution < -0.4 is 5.32 Å². The Hall–Kier alpha value is -4.00. The molecule has 0 aliphatic carbocycles. The lowest BCUT2D eigenvalue weighted by Crippen LogP contribution is -2.46. The van der Waals surface area contributed by atoms with Crippen LogP contribution in [0.5, 0.6) is 0 Å². The summed E-state index contributed by atoms with van der Waals surface area (Å²) in [4.78, 5) is 26.1. The van der Waals surface area contributed by atoms with Crippen LogP contribution in [0.3, 0.4) is 0 Å². The van der Waals surface area contributed by atoms with Gasteiger partial charge in [0.25, 0.3) is 0 Å². The topological polar surface area (TPSA) is 95.9 Å². The number of unbranched alkanes of at least 4 members (excludes halogenated alkanes) is 12. The average Bonchev–Trinajstić information content (AvgIpc) is 3.28. The van der Waals surface area contributed by atoms with Gasteiger partial charge >= 0.3 is 5.97 Å². The van der Waals surface area contributed by atoms with Gasteiger partial charge in [-0.3, -0.25) is 9.59 Å². The van der Waals surface area contributed by atoms with Gasteiger partial charge in [0.2, 0.25) is 5.91 Å². The minimum Gasteiger partial charge on any atom is -0.462 e. The third-order valence-electron chi connectivity index (χ3n) is 10.4. The van der Waals surface area contributed by atoms with Crippen molar-refractivity contribution in [3.05, 3.63) is 134 Å². The van der Waals surface area contributed by atoms with Crippen molar-refractivity contribution in [3.63, 3.8) is 0 Å². The molecule has 0 heterocycles. The summed E-state index contributed by atoms with van der Waals surface area (Å²) in [6.07, 6.45) is 69.5. The number of hydrogen-bond acceptors (Lipinski definition) is 5. The first-order valence-corrected chi connectivity index (χ1v) is 25.0. The van der Waals surface area contributed by atoms with Crippen LogP contribution in [0, 0.1) is 0 Å². The molecule has 1 amide bonds. The molecule has 3 atom stereocenters.